The minimum absolute atomic E-state index is 0. The van der Waals surface area contributed by atoms with Crippen molar-refractivity contribution >= 4 is 29.9 Å². The molecular weight excluding hydrogens is 510 g/mol. The lowest BCUT2D eigenvalue weighted by Crippen LogP contribution is -2.47. The van der Waals surface area contributed by atoms with Crippen LogP contribution in [0.25, 0.3) is 0 Å². The maximum absolute atomic E-state index is 12.3. The summed E-state index contributed by atoms with van der Waals surface area (Å²) in [4.78, 5) is 4.24. The minimum Gasteiger partial charge on any atom is -0.484 e. The third-order valence-corrected chi connectivity index (χ3v) is 4.81. The number of nitrogens with one attached hydrogen (secondary N) is 2. The van der Waals surface area contributed by atoms with E-state index in [4.69, 9.17) is 9.47 Å². The van der Waals surface area contributed by atoms with Crippen LogP contribution >= 0.6 is 24.0 Å². The number of halogens is 4. The fourth-order valence-electron chi connectivity index (χ4n) is 3.55. The number of aliphatic imine (C=N–C) groups is 1. The molecule has 1 aromatic carbocycles. The second-order valence-electron chi connectivity index (χ2n) is 8.42. The summed E-state index contributed by atoms with van der Waals surface area (Å²) in [6, 6.07) is 6.60. The molecule has 5 nitrogen and oxygen atoms in total. The summed E-state index contributed by atoms with van der Waals surface area (Å²) in [6.45, 7) is 7.25. The van der Waals surface area contributed by atoms with Gasteiger partial charge in [-0.3, -0.25) is 4.99 Å². The van der Waals surface area contributed by atoms with Gasteiger partial charge in [-0.15, -0.1) is 24.0 Å². The Hall–Kier alpha value is -1.23. The molecule has 1 heterocycles. The quantitative estimate of drug-likeness (QED) is 0.309. The molecule has 2 N–H and O–H groups in total. The number of ether oxygens (including phenoxy) is 2. The van der Waals surface area contributed by atoms with Crippen LogP contribution < -0.4 is 15.4 Å². The van der Waals surface area contributed by atoms with Crippen LogP contribution in [-0.2, 0) is 11.3 Å². The number of benzene rings is 1. The predicted octanol–water partition coefficient (Wildman–Crippen LogP) is 4.75. The Morgan fingerprint density at radius 3 is 2.60 bits per heavy atom. The lowest BCUT2D eigenvalue weighted by Gasteiger charge is -2.40. The van der Waals surface area contributed by atoms with Gasteiger partial charge in [0.1, 0.15) is 5.75 Å². The van der Waals surface area contributed by atoms with Crippen molar-refractivity contribution in [3.8, 4) is 5.75 Å². The molecular formula is C21H33F3IN3O2. The van der Waals surface area contributed by atoms with Crippen LogP contribution in [0, 0.1) is 11.3 Å². The number of hydrogen-bond acceptors (Lipinski definition) is 3. The highest BCUT2D eigenvalue weighted by Gasteiger charge is 2.35. The van der Waals surface area contributed by atoms with Gasteiger partial charge in [0.2, 0.25) is 0 Å². The monoisotopic (exact) mass is 543 g/mol. The Labute approximate surface area is 194 Å². The van der Waals surface area contributed by atoms with Crippen molar-refractivity contribution in [1.82, 2.24) is 10.6 Å². The molecule has 172 valence electrons. The topological polar surface area (TPSA) is 54.9 Å². The first-order valence-corrected chi connectivity index (χ1v) is 9.93. The Morgan fingerprint density at radius 1 is 1.23 bits per heavy atom. The molecule has 30 heavy (non-hydrogen) atoms. The Kier molecular flexibility index (Phi) is 10.7. The van der Waals surface area contributed by atoms with Gasteiger partial charge in [-0.2, -0.15) is 13.2 Å². The summed E-state index contributed by atoms with van der Waals surface area (Å²) in [5.74, 6) is 1.23. The number of hydrogen-bond donors (Lipinski definition) is 2. The highest BCUT2D eigenvalue weighted by molar-refractivity contribution is 14.0. The van der Waals surface area contributed by atoms with Crippen molar-refractivity contribution in [2.24, 2.45) is 16.3 Å². The molecule has 0 amide bonds. The van der Waals surface area contributed by atoms with E-state index in [0.29, 0.717) is 18.4 Å². The van der Waals surface area contributed by atoms with Gasteiger partial charge in [-0.05, 0) is 36.0 Å². The largest absolute Gasteiger partial charge is 0.484 e. The van der Waals surface area contributed by atoms with Crippen LogP contribution in [0.5, 0.6) is 5.75 Å². The van der Waals surface area contributed by atoms with E-state index >= 15 is 0 Å². The molecule has 1 aliphatic rings. The average molecular weight is 543 g/mol. The molecule has 0 spiro atoms. The molecule has 1 aliphatic heterocycles. The summed E-state index contributed by atoms with van der Waals surface area (Å²) in [7, 11) is 1.69. The Balaban J connectivity index is 0.00000450. The molecule has 2 unspecified atom stereocenters. The van der Waals surface area contributed by atoms with Crippen molar-refractivity contribution in [3.63, 3.8) is 0 Å². The standard InChI is InChI=1S/C21H32F3N3O2.HI/c1-20(2,3)18-16(8-6-10-28-18)13-27-19(25-4)26-12-15-7-5-9-17(11-15)29-14-21(22,23)24;/h5,7,9,11,16,18H,6,8,10,12-14H2,1-4H3,(H2,25,26,27);1H. The van der Waals surface area contributed by atoms with E-state index in [1.54, 1.807) is 19.2 Å². The summed E-state index contributed by atoms with van der Waals surface area (Å²) in [5.41, 5.74) is 0.877. The zero-order valence-electron chi connectivity index (χ0n) is 18.0. The first-order valence-electron chi connectivity index (χ1n) is 9.93. The van der Waals surface area contributed by atoms with Crippen LogP contribution in [0.1, 0.15) is 39.2 Å². The van der Waals surface area contributed by atoms with Crippen molar-refractivity contribution < 1.29 is 22.6 Å². The van der Waals surface area contributed by atoms with E-state index in [9.17, 15) is 13.2 Å². The third-order valence-electron chi connectivity index (χ3n) is 4.81. The molecule has 0 bridgehead atoms. The normalized spacial score (nSPS) is 20.3. The average Bonchev–Trinajstić information content (AvgIpc) is 2.66. The Bertz CT molecular complexity index is 678. The van der Waals surface area contributed by atoms with Gasteiger partial charge in [-0.25, -0.2) is 0 Å². The number of rotatable bonds is 6. The van der Waals surface area contributed by atoms with E-state index in [2.05, 4.69) is 36.4 Å². The fourth-order valence-corrected chi connectivity index (χ4v) is 3.55. The van der Waals surface area contributed by atoms with Gasteiger partial charge in [0, 0.05) is 32.7 Å². The Morgan fingerprint density at radius 2 is 1.97 bits per heavy atom. The van der Waals surface area contributed by atoms with Crippen molar-refractivity contribution in [2.45, 2.75) is 52.4 Å². The highest BCUT2D eigenvalue weighted by Crippen LogP contribution is 2.33. The van der Waals surface area contributed by atoms with E-state index < -0.39 is 12.8 Å². The molecule has 0 saturated carbocycles. The summed E-state index contributed by atoms with van der Waals surface area (Å²) >= 11 is 0. The van der Waals surface area contributed by atoms with Gasteiger partial charge in [0.25, 0.3) is 0 Å². The first kappa shape index (κ1) is 26.8. The molecule has 1 aromatic rings. The molecule has 1 saturated heterocycles. The zero-order chi connectivity index (χ0) is 21.5. The smallest absolute Gasteiger partial charge is 0.422 e. The molecule has 9 heteroatoms. The number of guanidine groups is 1. The van der Waals surface area contributed by atoms with E-state index in [0.717, 1.165) is 31.6 Å². The van der Waals surface area contributed by atoms with Gasteiger partial charge >= 0.3 is 6.18 Å². The van der Waals surface area contributed by atoms with Crippen LogP contribution in [0.15, 0.2) is 29.3 Å². The maximum Gasteiger partial charge on any atom is 0.422 e. The first-order chi connectivity index (χ1) is 13.6. The SMILES string of the molecule is CN=C(NCc1cccc(OCC(F)(F)F)c1)NCC1CCCOC1C(C)(C)C.I. The third kappa shape index (κ3) is 9.28. The summed E-state index contributed by atoms with van der Waals surface area (Å²) in [6.07, 6.45) is -2.02. The molecule has 1 fully saturated rings. The maximum atomic E-state index is 12.3. The summed E-state index contributed by atoms with van der Waals surface area (Å²) < 4.78 is 47.8. The van der Waals surface area contributed by atoms with Crippen molar-refractivity contribution in [3.05, 3.63) is 29.8 Å². The van der Waals surface area contributed by atoms with Crippen LogP contribution in [0.4, 0.5) is 13.2 Å². The van der Waals surface area contributed by atoms with Crippen LogP contribution in [0.3, 0.4) is 0 Å². The summed E-state index contributed by atoms with van der Waals surface area (Å²) in [5, 5.41) is 6.55. The van der Waals surface area contributed by atoms with E-state index in [-0.39, 0.29) is 41.2 Å². The predicted molar refractivity (Wildman–Crippen MR) is 124 cm³/mol. The molecule has 0 aliphatic carbocycles. The number of nitrogens with zero attached hydrogens (tertiary/aromatic N) is 1. The lowest BCUT2D eigenvalue weighted by molar-refractivity contribution is -0.153. The highest BCUT2D eigenvalue weighted by atomic mass is 127. The van der Waals surface area contributed by atoms with Crippen LogP contribution in [0.2, 0.25) is 0 Å². The molecule has 2 atom stereocenters. The van der Waals surface area contributed by atoms with Gasteiger partial charge in [0.05, 0.1) is 6.10 Å². The second-order valence-corrected chi connectivity index (χ2v) is 8.42. The van der Waals surface area contributed by atoms with Gasteiger partial charge < -0.3 is 20.1 Å². The fraction of sp³-hybridized carbons (Fsp3) is 0.667. The van der Waals surface area contributed by atoms with Crippen molar-refractivity contribution in [1.29, 1.82) is 0 Å². The van der Waals surface area contributed by atoms with Crippen LogP contribution in [-0.4, -0.2) is 45.0 Å². The van der Waals surface area contributed by atoms with Crippen molar-refractivity contribution in [2.75, 3.05) is 26.8 Å². The van der Waals surface area contributed by atoms with Gasteiger partial charge in [0.15, 0.2) is 12.6 Å². The molecule has 0 aromatic heterocycles. The van der Waals surface area contributed by atoms with E-state index in [1.807, 2.05) is 6.07 Å². The lowest BCUT2D eigenvalue weighted by atomic mass is 9.78. The molecule has 0 radical (unpaired) electrons. The second kappa shape index (κ2) is 12.0. The van der Waals surface area contributed by atoms with E-state index in [1.165, 1.54) is 6.07 Å². The minimum atomic E-state index is -4.35. The van der Waals surface area contributed by atoms with Gasteiger partial charge in [-0.1, -0.05) is 32.9 Å². The number of alkyl halides is 3. The molecule has 2 rings (SSSR count). The zero-order valence-corrected chi connectivity index (χ0v) is 20.3.